The van der Waals surface area contributed by atoms with Crippen LogP contribution >= 0.6 is 0 Å². The minimum Gasteiger partial charge on any atom is -0.481 e. The van der Waals surface area contributed by atoms with Crippen LogP contribution in [0.1, 0.15) is 31.8 Å². The van der Waals surface area contributed by atoms with Gasteiger partial charge < -0.3 is 10.1 Å². The van der Waals surface area contributed by atoms with Crippen LogP contribution < -0.4 is 14.4 Å². The van der Waals surface area contributed by atoms with Gasteiger partial charge in [-0.1, -0.05) is 6.07 Å². The molecule has 2 aromatic carbocycles. The van der Waals surface area contributed by atoms with E-state index in [9.17, 15) is 22.6 Å². The van der Waals surface area contributed by atoms with Gasteiger partial charge in [-0.05, 0) is 53.9 Å². The summed E-state index contributed by atoms with van der Waals surface area (Å²) in [5.74, 6) is -2.42. The lowest BCUT2D eigenvalue weighted by atomic mass is 9.98. The van der Waals surface area contributed by atoms with Gasteiger partial charge >= 0.3 is 0 Å². The molecular weight excluding hydrogens is 464 g/mol. The van der Waals surface area contributed by atoms with Gasteiger partial charge in [0.1, 0.15) is 16.2 Å². The monoisotopic (exact) mass is 485 g/mol. The summed E-state index contributed by atoms with van der Waals surface area (Å²) in [6.07, 6.45) is 1.54. The number of fused-ring (bicyclic) bond motifs is 1. The molecule has 1 aliphatic rings. The minimum absolute atomic E-state index is 0.0350. The molecule has 0 spiro atoms. The van der Waals surface area contributed by atoms with Crippen molar-refractivity contribution >= 4 is 28.4 Å². The SMILES string of the molecule is COc1cc(CNC(=O)c2ccc3c(c2)C(=O)C(Cc2ccc(F)c(F)c2)S(=O)N3C)ccn1. The van der Waals surface area contributed by atoms with Crippen LogP contribution in [-0.4, -0.2) is 40.3 Å². The lowest BCUT2D eigenvalue weighted by Gasteiger charge is -2.31. The quantitative estimate of drug-likeness (QED) is 0.579. The highest BCUT2D eigenvalue weighted by molar-refractivity contribution is 7.88. The van der Waals surface area contributed by atoms with Crippen molar-refractivity contribution < 1.29 is 27.3 Å². The summed E-state index contributed by atoms with van der Waals surface area (Å²) in [5.41, 5.74) is 2.08. The van der Waals surface area contributed by atoms with Gasteiger partial charge in [0.2, 0.25) is 5.88 Å². The third-order valence-electron chi connectivity index (χ3n) is 5.54. The molecule has 0 saturated carbocycles. The number of aromatic nitrogens is 1. The second-order valence-electron chi connectivity index (χ2n) is 7.70. The summed E-state index contributed by atoms with van der Waals surface area (Å²) in [6, 6.07) is 11.4. The molecule has 3 aromatic rings. The van der Waals surface area contributed by atoms with Crippen LogP contribution in [-0.2, 0) is 24.0 Å². The molecule has 2 atom stereocenters. The number of ether oxygens (including phenoxy) is 1. The number of Topliss-reactive ketones (excluding diaryl/α,β-unsaturated/α-hetero) is 1. The molecule has 4 rings (SSSR count). The van der Waals surface area contributed by atoms with Crippen molar-refractivity contribution in [3.8, 4) is 5.88 Å². The molecule has 0 bridgehead atoms. The van der Waals surface area contributed by atoms with Crippen LogP contribution in [0.4, 0.5) is 14.5 Å². The largest absolute Gasteiger partial charge is 0.481 e. The number of hydrogen-bond acceptors (Lipinski definition) is 5. The highest BCUT2D eigenvalue weighted by Crippen LogP contribution is 2.32. The number of benzene rings is 2. The fourth-order valence-corrected chi connectivity index (χ4v) is 5.08. The highest BCUT2D eigenvalue weighted by Gasteiger charge is 2.37. The molecule has 0 fully saturated rings. The van der Waals surface area contributed by atoms with E-state index in [1.807, 2.05) is 0 Å². The summed E-state index contributed by atoms with van der Waals surface area (Å²) in [4.78, 5) is 30.0. The molecule has 0 saturated heterocycles. The Kier molecular flexibility index (Phi) is 6.69. The van der Waals surface area contributed by atoms with Crippen molar-refractivity contribution in [3.63, 3.8) is 0 Å². The van der Waals surface area contributed by atoms with Crippen molar-refractivity contribution in [2.75, 3.05) is 18.5 Å². The summed E-state index contributed by atoms with van der Waals surface area (Å²) < 4.78 is 46.3. The first-order chi connectivity index (χ1) is 16.3. The van der Waals surface area contributed by atoms with Gasteiger partial charge in [0, 0.05) is 37.0 Å². The van der Waals surface area contributed by atoms with E-state index < -0.39 is 39.6 Å². The number of carbonyl (C=O) groups is 2. The number of nitrogens with zero attached hydrogens (tertiary/aromatic N) is 2. The maximum Gasteiger partial charge on any atom is 0.251 e. The Hall–Kier alpha value is -3.66. The smallest absolute Gasteiger partial charge is 0.251 e. The first-order valence-corrected chi connectivity index (χ1v) is 11.5. The Morgan fingerprint density at radius 1 is 1.12 bits per heavy atom. The first kappa shape index (κ1) is 23.5. The average molecular weight is 486 g/mol. The van der Waals surface area contributed by atoms with E-state index in [4.69, 9.17) is 4.74 Å². The summed E-state index contributed by atoms with van der Waals surface area (Å²) in [7, 11) is 1.35. The number of nitrogens with one attached hydrogen (secondary N) is 1. The van der Waals surface area contributed by atoms with Gasteiger partial charge in [0.05, 0.1) is 12.8 Å². The maximum absolute atomic E-state index is 13.6. The number of pyridine rings is 1. The molecule has 10 heteroatoms. The lowest BCUT2D eigenvalue weighted by molar-refractivity contribution is 0.0951. The van der Waals surface area contributed by atoms with Crippen LogP contribution in [0.15, 0.2) is 54.7 Å². The van der Waals surface area contributed by atoms with Crippen LogP contribution in [0.2, 0.25) is 0 Å². The molecule has 2 unspecified atom stereocenters. The summed E-state index contributed by atoms with van der Waals surface area (Å²) in [5, 5.41) is 1.79. The first-order valence-electron chi connectivity index (χ1n) is 10.3. The van der Waals surface area contributed by atoms with Gasteiger partial charge in [-0.2, -0.15) is 0 Å². The molecule has 0 aliphatic carbocycles. The van der Waals surface area contributed by atoms with Crippen molar-refractivity contribution in [2.24, 2.45) is 0 Å². The molecule has 176 valence electrons. The van der Waals surface area contributed by atoms with Gasteiger partial charge in [-0.3, -0.25) is 13.9 Å². The topological polar surface area (TPSA) is 88.6 Å². The molecule has 0 radical (unpaired) electrons. The predicted octanol–water partition coefficient (Wildman–Crippen LogP) is 3.21. The Morgan fingerprint density at radius 2 is 1.91 bits per heavy atom. The Morgan fingerprint density at radius 3 is 2.65 bits per heavy atom. The van der Waals surface area contributed by atoms with Gasteiger partial charge in [0.15, 0.2) is 17.4 Å². The molecule has 1 N–H and O–H groups in total. The van der Waals surface area contributed by atoms with E-state index >= 15 is 0 Å². The van der Waals surface area contributed by atoms with E-state index in [1.165, 1.54) is 23.5 Å². The standard InChI is InChI=1S/C24H21F2N3O4S/c1-29-20-6-4-16(24(31)28-13-15-7-8-27-22(11-15)33-2)12-17(20)23(30)21(34(29)32)10-14-3-5-18(25)19(26)9-14/h3-9,11-12,21H,10,13H2,1-2H3,(H,28,31). The van der Waals surface area contributed by atoms with Crippen molar-refractivity contribution in [1.82, 2.24) is 10.3 Å². The number of methoxy groups -OCH3 is 1. The van der Waals surface area contributed by atoms with Crippen molar-refractivity contribution in [1.29, 1.82) is 0 Å². The molecule has 1 aromatic heterocycles. The normalized spacial score (nSPS) is 17.3. The van der Waals surface area contributed by atoms with E-state index in [2.05, 4.69) is 10.3 Å². The maximum atomic E-state index is 13.6. The highest BCUT2D eigenvalue weighted by atomic mass is 32.2. The third kappa shape index (κ3) is 4.67. The van der Waals surface area contributed by atoms with Crippen molar-refractivity contribution in [3.05, 3.63) is 88.6 Å². The van der Waals surface area contributed by atoms with E-state index in [1.54, 1.807) is 37.5 Å². The summed E-state index contributed by atoms with van der Waals surface area (Å²) in [6.45, 7) is 0.228. The number of anilines is 1. The van der Waals surface area contributed by atoms with Crippen LogP contribution in [0, 0.1) is 11.6 Å². The fraction of sp³-hybridized carbons (Fsp3) is 0.208. The zero-order chi connectivity index (χ0) is 24.4. The fourth-order valence-electron chi connectivity index (χ4n) is 3.70. The van der Waals surface area contributed by atoms with E-state index in [0.717, 1.165) is 17.7 Å². The van der Waals surface area contributed by atoms with Crippen molar-refractivity contribution in [2.45, 2.75) is 18.2 Å². The van der Waals surface area contributed by atoms with Crippen LogP contribution in [0.5, 0.6) is 5.88 Å². The lowest BCUT2D eigenvalue weighted by Crippen LogP contribution is -2.42. The van der Waals surface area contributed by atoms with E-state index in [-0.39, 0.29) is 24.1 Å². The average Bonchev–Trinajstić information content (AvgIpc) is 2.85. The van der Waals surface area contributed by atoms with Gasteiger partial charge in [0.25, 0.3) is 5.91 Å². The number of rotatable bonds is 6. The molecule has 1 amide bonds. The Labute approximate surface area is 197 Å². The second-order valence-corrected chi connectivity index (χ2v) is 9.37. The second kappa shape index (κ2) is 9.68. The Balaban J connectivity index is 1.55. The molecule has 7 nitrogen and oxygen atoms in total. The van der Waals surface area contributed by atoms with E-state index in [0.29, 0.717) is 17.1 Å². The zero-order valence-electron chi connectivity index (χ0n) is 18.4. The number of amides is 1. The number of halogens is 2. The molecule has 2 heterocycles. The molecular formula is C24H21F2N3O4S. The minimum atomic E-state index is -1.73. The zero-order valence-corrected chi connectivity index (χ0v) is 19.2. The van der Waals surface area contributed by atoms with Gasteiger partial charge in [-0.25, -0.2) is 18.0 Å². The molecule has 34 heavy (non-hydrogen) atoms. The third-order valence-corrected chi connectivity index (χ3v) is 7.14. The number of hydrogen-bond donors (Lipinski definition) is 1. The predicted molar refractivity (Wildman–Crippen MR) is 123 cm³/mol. The number of ketones is 1. The van der Waals surface area contributed by atoms with Gasteiger partial charge in [-0.15, -0.1) is 0 Å². The van der Waals surface area contributed by atoms with Crippen LogP contribution in [0.25, 0.3) is 0 Å². The Bertz CT molecular complexity index is 1300. The van der Waals surface area contributed by atoms with Crippen LogP contribution in [0.3, 0.4) is 0 Å². The molecule has 1 aliphatic heterocycles. The number of carbonyl (C=O) groups excluding carboxylic acids is 2. The summed E-state index contributed by atoms with van der Waals surface area (Å²) >= 11 is 0.